The number of imide groups is 1. The molecule has 5 nitrogen and oxygen atoms in total. The highest BCUT2D eigenvalue weighted by Crippen LogP contribution is 2.46. The van der Waals surface area contributed by atoms with Gasteiger partial charge in [-0.1, -0.05) is 18.2 Å². The molecule has 0 aromatic carbocycles. The summed E-state index contributed by atoms with van der Waals surface area (Å²) in [5, 5.41) is 3.43. The highest BCUT2D eigenvalue weighted by Gasteiger charge is 2.54. The molecule has 29 heavy (non-hydrogen) atoms. The van der Waals surface area contributed by atoms with E-state index in [1.165, 1.54) is 5.57 Å². The summed E-state index contributed by atoms with van der Waals surface area (Å²) in [5.74, 6) is 1.99. The molecular formula is C24H34N2O3. The number of allylic oxidation sites excluding steroid dienone is 4. The van der Waals surface area contributed by atoms with Crippen LogP contribution in [0.25, 0.3) is 0 Å². The van der Waals surface area contributed by atoms with Crippen LogP contribution in [0.1, 0.15) is 52.4 Å². The number of hydrogen-bond donors (Lipinski definition) is 1. The van der Waals surface area contributed by atoms with Crippen molar-refractivity contribution in [2.45, 2.75) is 64.5 Å². The largest absolute Gasteiger partial charge is 0.490 e. The SMILES string of the molecule is C=C/C(=C\C=C(C)C)OC1CCC(N2C(=O)C3CC4CNCC4CC3C2=O)CC1. The molecule has 4 fully saturated rings. The Morgan fingerprint density at radius 1 is 1.00 bits per heavy atom. The first kappa shape index (κ1) is 20.4. The summed E-state index contributed by atoms with van der Waals surface area (Å²) in [4.78, 5) is 27.9. The molecular weight excluding hydrogens is 364 g/mol. The minimum Gasteiger partial charge on any atom is -0.490 e. The number of likely N-dealkylation sites (tertiary alicyclic amines) is 1. The van der Waals surface area contributed by atoms with E-state index in [1.807, 2.05) is 26.0 Å². The van der Waals surface area contributed by atoms with Crippen LogP contribution in [0.3, 0.4) is 0 Å². The quantitative estimate of drug-likeness (QED) is 0.437. The molecule has 4 unspecified atom stereocenters. The van der Waals surface area contributed by atoms with E-state index in [9.17, 15) is 9.59 Å². The number of nitrogens with one attached hydrogen (secondary N) is 1. The second kappa shape index (κ2) is 8.47. The summed E-state index contributed by atoms with van der Waals surface area (Å²) in [6, 6.07) is 0.0485. The fourth-order valence-corrected chi connectivity index (χ4v) is 5.71. The van der Waals surface area contributed by atoms with Crippen LogP contribution in [-0.4, -0.2) is 41.9 Å². The summed E-state index contributed by atoms with van der Waals surface area (Å²) >= 11 is 0. The van der Waals surface area contributed by atoms with Gasteiger partial charge in [0.1, 0.15) is 5.76 Å². The Balaban J connectivity index is 1.36. The molecule has 2 aliphatic heterocycles. The number of carbonyl (C=O) groups excluding carboxylic acids is 2. The number of fused-ring (bicyclic) bond motifs is 2. The Kier molecular flexibility index (Phi) is 5.95. The van der Waals surface area contributed by atoms with Crippen LogP contribution in [0.15, 0.2) is 36.1 Å². The molecule has 0 aromatic heterocycles. The van der Waals surface area contributed by atoms with Crippen LogP contribution in [0, 0.1) is 23.7 Å². The molecule has 2 saturated carbocycles. The van der Waals surface area contributed by atoms with Crippen molar-refractivity contribution in [3.8, 4) is 0 Å². The topological polar surface area (TPSA) is 58.6 Å². The fourth-order valence-electron chi connectivity index (χ4n) is 5.71. The Bertz CT molecular complexity index is 698. The second-order valence-corrected chi connectivity index (χ2v) is 9.47. The van der Waals surface area contributed by atoms with E-state index in [4.69, 9.17) is 4.74 Å². The summed E-state index contributed by atoms with van der Waals surface area (Å²) in [6.45, 7) is 9.95. The molecule has 1 N–H and O–H groups in total. The predicted molar refractivity (Wildman–Crippen MR) is 113 cm³/mol. The van der Waals surface area contributed by atoms with Crippen LogP contribution < -0.4 is 5.32 Å². The van der Waals surface area contributed by atoms with Gasteiger partial charge in [-0.2, -0.15) is 0 Å². The van der Waals surface area contributed by atoms with Crippen molar-refractivity contribution in [1.82, 2.24) is 10.2 Å². The normalized spacial score (nSPS) is 37.2. The molecule has 2 heterocycles. The third kappa shape index (κ3) is 4.07. The number of carbonyl (C=O) groups is 2. The summed E-state index contributed by atoms with van der Waals surface area (Å²) in [5.41, 5.74) is 1.21. The van der Waals surface area contributed by atoms with Crippen LogP contribution in [-0.2, 0) is 14.3 Å². The Labute approximate surface area is 174 Å². The molecule has 158 valence electrons. The maximum atomic E-state index is 13.1. The minimum absolute atomic E-state index is 0.0485. The molecule has 2 aliphatic carbocycles. The van der Waals surface area contributed by atoms with Gasteiger partial charge in [-0.25, -0.2) is 0 Å². The molecule has 2 amide bonds. The summed E-state index contributed by atoms with van der Waals surface area (Å²) in [6.07, 6.45) is 11.0. The van der Waals surface area contributed by atoms with Crippen LogP contribution in [0.2, 0.25) is 0 Å². The van der Waals surface area contributed by atoms with E-state index in [1.54, 1.807) is 11.0 Å². The molecule has 4 atom stereocenters. The van der Waals surface area contributed by atoms with E-state index in [-0.39, 0.29) is 35.8 Å². The van der Waals surface area contributed by atoms with Gasteiger partial charge in [0, 0.05) is 6.04 Å². The smallest absolute Gasteiger partial charge is 0.233 e. The molecule has 0 aromatic rings. The van der Waals surface area contributed by atoms with Gasteiger partial charge in [0.25, 0.3) is 0 Å². The fraction of sp³-hybridized carbons (Fsp3) is 0.667. The van der Waals surface area contributed by atoms with Crippen LogP contribution in [0.5, 0.6) is 0 Å². The van der Waals surface area contributed by atoms with Gasteiger partial charge in [-0.05, 0) is 89.4 Å². The molecule has 0 bridgehead atoms. The lowest BCUT2D eigenvalue weighted by molar-refractivity contribution is -0.144. The zero-order valence-electron chi connectivity index (χ0n) is 17.7. The number of rotatable bonds is 5. The zero-order valence-corrected chi connectivity index (χ0v) is 17.7. The van der Waals surface area contributed by atoms with Gasteiger partial charge < -0.3 is 10.1 Å². The van der Waals surface area contributed by atoms with Crippen molar-refractivity contribution in [2.75, 3.05) is 13.1 Å². The Hall–Kier alpha value is -1.88. The third-order valence-corrected chi connectivity index (χ3v) is 7.28. The van der Waals surface area contributed by atoms with Gasteiger partial charge in [-0.3, -0.25) is 14.5 Å². The lowest BCUT2D eigenvalue weighted by Gasteiger charge is -2.34. The first-order chi connectivity index (χ1) is 14.0. The number of ether oxygens (including phenoxy) is 1. The Morgan fingerprint density at radius 2 is 1.59 bits per heavy atom. The average molecular weight is 399 g/mol. The van der Waals surface area contributed by atoms with E-state index < -0.39 is 0 Å². The molecule has 4 aliphatic rings. The number of nitrogens with zero attached hydrogens (tertiary/aromatic N) is 1. The first-order valence-corrected chi connectivity index (χ1v) is 11.2. The number of hydrogen-bond acceptors (Lipinski definition) is 4. The molecule has 5 heteroatoms. The van der Waals surface area contributed by atoms with Crippen molar-refractivity contribution >= 4 is 11.8 Å². The van der Waals surface area contributed by atoms with Gasteiger partial charge in [-0.15, -0.1) is 0 Å². The van der Waals surface area contributed by atoms with Gasteiger partial charge in [0.05, 0.1) is 17.9 Å². The standard InChI is InChI=1S/C24H34N2O3/c1-4-19(8-5-15(2)3)29-20-9-6-18(7-10-20)26-23(27)21-11-16-13-25-14-17(16)12-22(21)24(26)28/h4-5,8,16-18,20-22,25H,1,6-7,9-14H2,2-3H3/b19-8+. The van der Waals surface area contributed by atoms with Crippen LogP contribution in [0.4, 0.5) is 0 Å². The maximum absolute atomic E-state index is 13.1. The molecule has 0 spiro atoms. The van der Waals surface area contributed by atoms with Crippen molar-refractivity contribution < 1.29 is 14.3 Å². The number of amides is 2. The third-order valence-electron chi connectivity index (χ3n) is 7.28. The van der Waals surface area contributed by atoms with E-state index in [0.29, 0.717) is 11.8 Å². The first-order valence-electron chi connectivity index (χ1n) is 11.2. The van der Waals surface area contributed by atoms with Crippen molar-refractivity contribution in [2.24, 2.45) is 23.7 Å². The Morgan fingerprint density at radius 3 is 2.10 bits per heavy atom. The lowest BCUT2D eigenvalue weighted by atomic mass is 9.70. The van der Waals surface area contributed by atoms with E-state index >= 15 is 0 Å². The monoisotopic (exact) mass is 398 g/mol. The highest BCUT2D eigenvalue weighted by atomic mass is 16.5. The van der Waals surface area contributed by atoms with Crippen molar-refractivity contribution in [3.05, 3.63) is 36.1 Å². The molecule has 0 radical (unpaired) electrons. The second-order valence-electron chi connectivity index (χ2n) is 9.47. The molecule has 2 saturated heterocycles. The minimum atomic E-state index is -0.0722. The molecule has 4 rings (SSSR count). The van der Waals surface area contributed by atoms with E-state index in [2.05, 4.69) is 11.9 Å². The van der Waals surface area contributed by atoms with Crippen molar-refractivity contribution in [3.63, 3.8) is 0 Å². The average Bonchev–Trinajstić information content (AvgIpc) is 3.27. The van der Waals surface area contributed by atoms with Gasteiger partial charge in [0.15, 0.2) is 0 Å². The highest BCUT2D eigenvalue weighted by molar-refractivity contribution is 6.05. The summed E-state index contributed by atoms with van der Waals surface area (Å²) < 4.78 is 6.10. The predicted octanol–water partition coefficient (Wildman–Crippen LogP) is 3.58. The maximum Gasteiger partial charge on any atom is 0.233 e. The zero-order chi connectivity index (χ0) is 20.5. The van der Waals surface area contributed by atoms with Crippen molar-refractivity contribution in [1.29, 1.82) is 0 Å². The summed E-state index contributed by atoms with van der Waals surface area (Å²) in [7, 11) is 0. The van der Waals surface area contributed by atoms with Gasteiger partial charge in [0.2, 0.25) is 11.8 Å². The van der Waals surface area contributed by atoms with Crippen LogP contribution >= 0.6 is 0 Å². The van der Waals surface area contributed by atoms with Gasteiger partial charge >= 0.3 is 0 Å². The van der Waals surface area contributed by atoms with E-state index in [0.717, 1.165) is 57.4 Å². The lowest BCUT2D eigenvalue weighted by Crippen LogP contribution is -2.43.